The molecule has 0 aliphatic rings. The van der Waals surface area contributed by atoms with Crippen LogP contribution in [0.5, 0.6) is 0 Å². The van der Waals surface area contributed by atoms with Crippen molar-refractivity contribution in [2.45, 2.75) is 49.8 Å². The number of rotatable bonds is 7. The molecule has 0 spiro atoms. The van der Waals surface area contributed by atoms with Gasteiger partial charge in [-0.15, -0.1) is 13.5 Å². The summed E-state index contributed by atoms with van der Waals surface area (Å²) in [7, 11) is -4.33. The SMILES string of the molecule is CC(C)N(C(=O)Sc1nnnn1-c1cccc(NC(=O)c2ccccc2S(=O)(=O)[OH2+])c1)C(C)C.[Na+]. The number of thioether (sulfide) groups is 1. The van der Waals surface area contributed by atoms with Crippen LogP contribution in [-0.2, 0) is 10.1 Å². The van der Waals surface area contributed by atoms with E-state index >= 15 is 0 Å². The summed E-state index contributed by atoms with van der Waals surface area (Å²) in [6.45, 7) is 7.71. The molecule has 0 bridgehead atoms. The Balaban J connectivity index is 0.00000432. The Morgan fingerprint density at radius 3 is 2.34 bits per heavy atom. The maximum Gasteiger partial charge on any atom is 1.00 e. The van der Waals surface area contributed by atoms with Crippen molar-refractivity contribution in [3.8, 4) is 5.69 Å². The van der Waals surface area contributed by atoms with Gasteiger partial charge in [-0.25, -0.2) is 0 Å². The summed E-state index contributed by atoms with van der Waals surface area (Å²) < 4.78 is 32.1. The number of hydrogen-bond donors (Lipinski definition) is 1. The Bertz CT molecular complexity index is 1300. The number of hydrogen-bond acceptors (Lipinski definition) is 8. The van der Waals surface area contributed by atoms with Gasteiger partial charge in [0.15, 0.2) is 4.90 Å². The van der Waals surface area contributed by atoms with E-state index in [-0.39, 0.29) is 62.5 Å². The molecule has 2 amide bonds. The van der Waals surface area contributed by atoms with Gasteiger partial charge in [-0.1, -0.05) is 18.2 Å². The zero-order valence-corrected chi connectivity index (χ0v) is 23.6. The Morgan fingerprint density at radius 1 is 1.06 bits per heavy atom. The summed E-state index contributed by atoms with van der Waals surface area (Å²) in [6, 6.07) is 12.0. The predicted molar refractivity (Wildman–Crippen MR) is 128 cm³/mol. The number of carbonyl (C=O) groups excluding carboxylic acids is 2. The minimum absolute atomic E-state index is 0. The average molecular weight is 529 g/mol. The largest absolute Gasteiger partial charge is 1.00 e. The van der Waals surface area contributed by atoms with Crippen molar-refractivity contribution in [2.75, 3.05) is 5.32 Å². The van der Waals surface area contributed by atoms with Crippen molar-refractivity contribution in [3.05, 3.63) is 54.1 Å². The van der Waals surface area contributed by atoms with Crippen molar-refractivity contribution in [1.29, 1.82) is 0 Å². The van der Waals surface area contributed by atoms with Crippen LogP contribution >= 0.6 is 11.8 Å². The van der Waals surface area contributed by atoms with E-state index in [1.54, 1.807) is 29.2 Å². The molecule has 3 N–H and O–H groups in total. The van der Waals surface area contributed by atoms with Crippen LogP contribution in [0.3, 0.4) is 0 Å². The third-order valence-electron chi connectivity index (χ3n) is 4.71. The number of amides is 2. The number of anilines is 1. The number of nitrogens with zero attached hydrogens (tertiary/aromatic N) is 5. The molecular formula is C21H25N6NaO5S2+2. The van der Waals surface area contributed by atoms with Gasteiger partial charge in [0.25, 0.3) is 11.1 Å². The van der Waals surface area contributed by atoms with Crippen molar-refractivity contribution >= 4 is 38.7 Å². The van der Waals surface area contributed by atoms with E-state index in [9.17, 15) is 18.0 Å². The molecule has 11 nitrogen and oxygen atoms in total. The van der Waals surface area contributed by atoms with E-state index in [4.69, 9.17) is 4.55 Å². The molecule has 14 heteroatoms. The molecule has 0 saturated heterocycles. The van der Waals surface area contributed by atoms with E-state index in [0.717, 1.165) is 11.8 Å². The second-order valence-electron chi connectivity index (χ2n) is 7.84. The number of carbonyl (C=O) groups is 2. The predicted octanol–water partition coefficient (Wildman–Crippen LogP) is -0.337. The molecule has 0 unspecified atom stereocenters. The van der Waals surface area contributed by atoms with Crippen LogP contribution in [0.15, 0.2) is 58.6 Å². The van der Waals surface area contributed by atoms with Crippen LogP contribution in [0.1, 0.15) is 38.1 Å². The quantitative estimate of drug-likeness (QED) is 0.249. The van der Waals surface area contributed by atoms with E-state index < -0.39 is 16.0 Å². The Hall–Kier alpha value is -2.29. The maximum atomic E-state index is 12.8. The summed E-state index contributed by atoms with van der Waals surface area (Å²) in [5.41, 5.74) is 0.693. The molecule has 0 fully saturated rings. The number of tetrazole rings is 1. The molecule has 180 valence electrons. The van der Waals surface area contributed by atoms with Crippen LogP contribution in [-0.4, -0.2) is 61.3 Å². The molecular weight excluding hydrogens is 503 g/mol. The minimum atomic E-state index is -4.33. The summed E-state index contributed by atoms with van der Waals surface area (Å²) in [5.74, 6) is -0.686. The van der Waals surface area contributed by atoms with Gasteiger partial charge < -0.3 is 14.8 Å². The first-order valence-electron chi connectivity index (χ1n) is 10.3. The van der Waals surface area contributed by atoms with Gasteiger partial charge in [0.05, 0.1) is 11.3 Å². The molecule has 2 aromatic carbocycles. The third kappa shape index (κ3) is 7.12. The maximum absolute atomic E-state index is 12.8. The standard InChI is InChI=1S/C21H24N6O5S2.Na/c1-13(2)26(14(3)4)21(29)33-20-23-24-25-27(20)16-9-7-8-15(12-16)22-19(28)17-10-5-6-11-18(17)34(30,31)32;/h5-14H,1-4H3,(H,22,28)(H,30,31,32);/q;+1/p+1. The molecule has 0 saturated carbocycles. The molecule has 3 aromatic rings. The molecule has 0 atom stereocenters. The van der Waals surface area contributed by atoms with Crippen LogP contribution in [0.4, 0.5) is 10.5 Å². The van der Waals surface area contributed by atoms with Gasteiger partial charge in [0.1, 0.15) is 0 Å². The average Bonchev–Trinajstić information content (AvgIpc) is 3.20. The van der Waals surface area contributed by atoms with Gasteiger partial charge >= 0.3 is 39.7 Å². The minimum Gasteiger partial charge on any atom is -0.329 e. The summed E-state index contributed by atoms with van der Waals surface area (Å²) >= 11 is 0.897. The van der Waals surface area contributed by atoms with Gasteiger partial charge in [-0.3, -0.25) is 9.59 Å². The van der Waals surface area contributed by atoms with Crippen molar-refractivity contribution in [3.63, 3.8) is 0 Å². The second-order valence-corrected chi connectivity index (χ2v) is 10.2. The molecule has 0 aliphatic heterocycles. The molecule has 3 rings (SSSR count). The topological polar surface area (TPSA) is 150 Å². The summed E-state index contributed by atoms with van der Waals surface area (Å²) in [6.07, 6.45) is 0. The molecule has 35 heavy (non-hydrogen) atoms. The number of aromatic nitrogens is 4. The molecule has 0 radical (unpaired) electrons. The van der Waals surface area contributed by atoms with Crippen LogP contribution in [0, 0.1) is 0 Å². The van der Waals surface area contributed by atoms with E-state index in [1.165, 1.54) is 28.9 Å². The number of benzene rings is 2. The Labute approximate surface area is 229 Å². The summed E-state index contributed by atoms with van der Waals surface area (Å²) in [4.78, 5) is 26.9. The van der Waals surface area contributed by atoms with E-state index in [1.807, 2.05) is 27.7 Å². The fourth-order valence-corrected chi connectivity index (χ4v) is 5.05. The normalized spacial score (nSPS) is 11.3. The first kappa shape index (κ1) is 28.9. The molecule has 1 heterocycles. The zero-order valence-electron chi connectivity index (χ0n) is 20.0. The van der Waals surface area contributed by atoms with Crippen LogP contribution in [0.2, 0.25) is 0 Å². The third-order valence-corrected chi connectivity index (χ3v) is 6.47. The van der Waals surface area contributed by atoms with Crippen LogP contribution < -0.4 is 34.9 Å². The van der Waals surface area contributed by atoms with Crippen LogP contribution in [0.25, 0.3) is 5.69 Å². The second kappa shape index (κ2) is 12.1. The fourth-order valence-electron chi connectivity index (χ4n) is 3.36. The van der Waals surface area contributed by atoms with Crippen molar-refractivity contribution in [1.82, 2.24) is 25.1 Å². The molecule has 1 aromatic heterocycles. The van der Waals surface area contributed by atoms with E-state index in [2.05, 4.69) is 20.8 Å². The first-order chi connectivity index (χ1) is 16.0. The Morgan fingerprint density at radius 2 is 1.71 bits per heavy atom. The monoisotopic (exact) mass is 528 g/mol. The van der Waals surface area contributed by atoms with Gasteiger partial charge in [-0.2, -0.15) is 4.68 Å². The summed E-state index contributed by atoms with van der Waals surface area (Å²) in [5, 5.41) is 14.3. The van der Waals surface area contributed by atoms with Gasteiger partial charge in [0.2, 0.25) is 5.16 Å². The van der Waals surface area contributed by atoms with E-state index in [0.29, 0.717) is 11.4 Å². The Kier molecular flexibility index (Phi) is 10.0. The fraction of sp³-hybridized carbons (Fsp3) is 0.286. The first-order valence-corrected chi connectivity index (χ1v) is 12.6. The smallest absolute Gasteiger partial charge is 0.329 e. The van der Waals surface area contributed by atoms with Gasteiger partial charge in [-0.05, 0) is 68.5 Å². The van der Waals surface area contributed by atoms with Crippen molar-refractivity contribution in [2.24, 2.45) is 0 Å². The zero-order chi connectivity index (χ0) is 25.0. The van der Waals surface area contributed by atoms with Gasteiger partial charge in [0, 0.05) is 29.5 Å². The van der Waals surface area contributed by atoms with Crippen molar-refractivity contribution < 1.29 is 52.1 Å². The number of nitrogens with one attached hydrogen (secondary N) is 1. The molecule has 0 aliphatic carbocycles.